The summed E-state index contributed by atoms with van der Waals surface area (Å²) in [5.74, 6) is 0.541. The number of hydrogen-bond acceptors (Lipinski definition) is 2. The molecule has 24 heavy (non-hydrogen) atoms. The number of halogens is 1. The van der Waals surface area contributed by atoms with E-state index in [-0.39, 0.29) is 12.4 Å². The highest BCUT2D eigenvalue weighted by Gasteiger charge is 2.09. The lowest BCUT2D eigenvalue weighted by molar-refractivity contribution is 0.181. The standard InChI is InChI=1S/C18H25FN4O/c1-20-18(23(3)12-16-6-5-9-22(16)2)21-11-14-7-8-17(19)15(10-14)13-24-4/h5-10H,11-13H2,1-4H3,(H,20,21). The molecule has 0 unspecified atom stereocenters. The lowest BCUT2D eigenvalue weighted by atomic mass is 10.1. The largest absolute Gasteiger partial charge is 0.380 e. The van der Waals surface area contributed by atoms with E-state index in [9.17, 15) is 4.39 Å². The lowest BCUT2D eigenvalue weighted by Gasteiger charge is -2.22. The number of aliphatic imine (C=N–C) groups is 1. The number of benzene rings is 1. The molecule has 0 bridgehead atoms. The molecule has 0 fully saturated rings. The Morgan fingerprint density at radius 2 is 2.17 bits per heavy atom. The molecule has 0 saturated carbocycles. The van der Waals surface area contributed by atoms with Crippen molar-refractivity contribution in [2.75, 3.05) is 21.2 Å². The van der Waals surface area contributed by atoms with Crippen LogP contribution < -0.4 is 5.32 Å². The van der Waals surface area contributed by atoms with Crippen molar-refractivity contribution in [3.8, 4) is 0 Å². The molecule has 6 heteroatoms. The fourth-order valence-electron chi connectivity index (χ4n) is 2.55. The van der Waals surface area contributed by atoms with Crippen LogP contribution in [0.1, 0.15) is 16.8 Å². The second-order valence-electron chi connectivity index (χ2n) is 5.73. The van der Waals surface area contributed by atoms with E-state index in [0.29, 0.717) is 12.1 Å². The highest BCUT2D eigenvalue weighted by Crippen LogP contribution is 2.12. The minimum Gasteiger partial charge on any atom is -0.380 e. The highest BCUT2D eigenvalue weighted by atomic mass is 19.1. The molecule has 0 radical (unpaired) electrons. The SMILES string of the molecule is CN=C(NCc1ccc(F)c(COC)c1)N(C)Cc1cccn1C. The topological polar surface area (TPSA) is 41.8 Å². The second kappa shape index (κ2) is 8.49. The molecule has 0 amide bonds. The van der Waals surface area contributed by atoms with E-state index in [1.807, 2.05) is 32.4 Å². The van der Waals surface area contributed by atoms with Crippen LogP contribution in [0.2, 0.25) is 0 Å². The van der Waals surface area contributed by atoms with Crippen LogP contribution in [0.5, 0.6) is 0 Å². The van der Waals surface area contributed by atoms with Gasteiger partial charge in [-0.05, 0) is 29.8 Å². The second-order valence-corrected chi connectivity index (χ2v) is 5.73. The van der Waals surface area contributed by atoms with E-state index in [1.54, 1.807) is 20.2 Å². The molecule has 0 aliphatic carbocycles. The van der Waals surface area contributed by atoms with Gasteiger partial charge in [-0.2, -0.15) is 0 Å². The zero-order valence-electron chi connectivity index (χ0n) is 14.7. The molecule has 0 aliphatic heterocycles. The summed E-state index contributed by atoms with van der Waals surface area (Å²) < 4.78 is 20.8. The number of guanidine groups is 1. The minimum atomic E-state index is -0.245. The fourth-order valence-corrected chi connectivity index (χ4v) is 2.55. The van der Waals surface area contributed by atoms with Crippen molar-refractivity contribution in [1.29, 1.82) is 0 Å². The van der Waals surface area contributed by atoms with Crippen LogP contribution >= 0.6 is 0 Å². The van der Waals surface area contributed by atoms with Gasteiger partial charge < -0.3 is 19.5 Å². The van der Waals surface area contributed by atoms with Gasteiger partial charge in [0, 0.05) is 52.3 Å². The molecular formula is C18H25FN4O. The molecule has 5 nitrogen and oxygen atoms in total. The van der Waals surface area contributed by atoms with Crippen LogP contribution in [0, 0.1) is 5.82 Å². The summed E-state index contributed by atoms with van der Waals surface area (Å²) in [6, 6.07) is 9.17. The third-order valence-corrected chi connectivity index (χ3v) is 3.88. The molecule has 130 valence electrons. The highest BCUT2D eigenvalue weighted by molar-refractivity contribution is 5.79. The van der Waals surface area contributed by atoms with Gasteiger partial charge in [-0.1, -0.05) is 6.07 Å². The normalized spacial score (nSPS) is 11.6. The zero-order chi connectivity index (χ0) is 17.5. The van der Waals surface area contributed by atoms with Crippen LogP contribution in [-0.4, -0.2) is 36.6 Å². The molecular weight excluding hydrogens is 307 g/mol. The quantitative estimate of drug-likeness (QED) is 0.653. The summed E-state index contributed by atoms with van der Waals surface area (Å²) in [5, 5.41) is 3.31. The average molecular weight is 332 g/mol. The number of methoxy groups -OCH3 is 1. The molecule has 1 aromatic carbocycles. The number of nitrogens with zero attached hydrogens (tertiary/aromatic N) is 3. The molecule has 1 heterocycles. The van der Waals surface area contributed by atoms with Crippen molar-refractivity contribution in [2.45, 2.75) is 19.7 Å². The van der Waals surface area contributed by atoms with E-state index in [0.717, 1.165) is 18.1 Å². The Morgan fingerprint density at radius 1 is 1.38 bits per heavy atom. The summed E-state index contributed by atoms with van der Waals surface area (Å²) in [6.07, 6.45) is 2.02. The molecule has 0 saturated heterocycles. The van der Waals surface area contributed by atoms with Crippen LogP contribution in [0.25, 0.3) is 0 Å². The van der Waals surface area contributed by atoms with E-state index in [4.69, 9.17) is 4.74 Å². The summed E-state index contributed by atoms with van der Waals surface area (Å²) in [7, 11) is 7.33. The summed E-state index contributed by atoms with van der Waals surface area (Å²) in [6.45, 7) is 1.59. The Bertz CT molecular complexity index is 696. The Balaban J connectivity index is 1.98. The van der Waals surface area contributed by atoms with Crippen LogP contribution in [-0.2, 0) is 31.5 Å². The van der Waals surface area contributed by atoms with Crippen molar-refractivity contribution in [3.63, 3.8) is 0 Å². The number of hydrogen-bond donors (Lipinski definition) is 1. The van der Waals surface area contributed by atoms with Gasteiger partial charge in [-0.25, -0.2) is 4.39 Å². The van der Waals surface area contributed by atoms with Gasteiger partial charge in [-0.3, -0.25) is 4.99 Å². The summed E-state index contributed by atoms with van der Waals surface area (Å²) in [4.78, 5) is 6.36. The number of aromatic nitrogens is 1. The maximum Gasteiger partial charge on any atom is 0.194 e. The average Bonchev–Trinajstić information content (AvgIpc) is 2.96. The maximum absolute atomic E-state index is 13.7. The molecule has 0 aliphatic rings. The predicted molar refractivity (Wildman–Crippen MR) is 94.2 cm³/mol. The predicted octanol–water partition coefficient (Wildman–Crippen LogP) is 2.52. The smallest absolute Gasteiger partial charge is 0.194 e. The first-order valence-electron chi connectivity index (χ1n) is 7.83. The van der Waals surface area contributed by atoms with Crippen LogP contribution in [0.15, 0.2) is 41.5 Å². The Hall–Kier alpha value is -2.34. The Labute approximate surface area is 142 Å². The van der Waals surface area contributed by atoms with Gasteiger partial charge in [0.2, 0.25) is 0 Å². The fraction of sp³-hybridized carbons (Fsp3) is 0.389. The molecule has 0 spiro atoms. The molecule has 0 atom stereocenters. The molecule has 2 rings (SSSR count). The summed E-state index contributed by atoms with van der Waals surface area (Å²) in [5.41, 5.74) is 2.74. The molecule has 2 aromatic rings. The Morgan fingerprint density at radius 3 is 2.79 bits per heavy atom. The van der Waals surface area contributed by atoms with Gasteiger partial charge in [0.1, 0.15) is 5.82 Å². The molecule has 1 N–H and O–H groups in total. The van der Waals surface area contributed by atoms with Crippen LogP contribution in [0.4, 0.5) is 4.39 Å². The summed E-state index contributed by atoms with van der Waals surface area (Å²) >= 11 is 0. The van der Waals surface area contributed by atoms with E-state index in [1.165, 1.54) is 11.8 Å². The first kappa shape index (κ1) is 18.0. The third-order valence-electron chi connectivity index (χ3n) is 3.88. The Kier molecular flexibility index (Phi) is 6.37. The monoisotopic (exact) mass is 332 g/mol. The lowest BCUT2D eigenvalue weighted by Crippen LogP contribution is -2.38. The zero-order valence-corrected chi connectivity index (χ0v) is 14.7. The van der Waals surface area contributed by atoms with E-state index in [2.05, 4.69) is 25.8 Å². The van der Waals surface area contributed by atoms with Gasteiger partial charge in [0.15, 0.2) is 5.96 Å². The van der Waals surface area contributed by atoms with Crippen LogP contribution in [0.3, 0.4) is 0 Å². The number of ether oxygens (including phenoxy) is 1. The molecule has 1 aromatic heterocycles. The van der Waals surface area contributed by atoms with Gasteiger partial charge in [-0.15, -0.1) is 0 Å². The van der Waals surface area contributed by atoms with Crippen molar-refractivity contribution in [1.82, 2.24) is 14.8 Å². The van der Waals surface area contributed by atoms with Gasteiger partial charge >= 0.3 is 0 Å². The van der Waals surface area contributed by atoms with Crippen molar-refractivity contribution in [2.24, 2.45) is 12.0 Å². The number of aryl methyl sites for hydroxylation is 1. The van der Waals surface area contributed by atoms with Gasteiger partial charge in [0.05, 0.1) is 13.2 Å². The van der Waals surface area contributed by atoms with E-state index < -0.39 is 0 Å². The van der Waals surface area contributed by atoms with E-state index >= 15 is 0 Å². The van der Waals surface area contributed by atoms with Crippen molar-refractivity contribution < 1.29 is 9.13 Å². The first-order valence-corrected chi connectivity index (χ1v) is 7.83. The van der Waals surface area contributed by atoms with Crippen molar-refractivity contribution in [3.05, 3.63) is 59.2 Å². The van der Waals surface area contributed by atoms with Gasteiger partial charge in [0.25, 0.3) is 0 Å². The first-order chi connectivity index (χ1) is 11.5. The third kappa shape index (κ3) is 4.58. The van der Waals surface area contributed by atoms with Crippen molar-refractivity contribution >= 4 is 5.96 Å². The number of rotatable bonds is 6. The minimum absolute atomic E-state index is 0.245. The maximum atomic E-state index is 13.7. The number of nitrogens with one attached hydrogen (secondary N) is 1.